The predicted octanol–water partition coefficient (Wildman–Crippen LogP) is 3.26. The van der Waals surface area contributed by atoms with Crippen LogP contribution in [0.5, 0.6) is 0 Å². The van der Waals surface area contributed by atoms with Crippen molar-refractivity contribution >= 4 is 5.91 Å². The van der Waals surface area contributed by atoms with Gasteiger partial charge in [0, 0.05) is 19.3 Å². The van der Waals surface area contributed by atoms with Gasteiger partial charge in [-0.3, -0.25) is 9.78 Å². The number of carbonyl (C=O) groups excluding carboxylic acids is 1. The van der Waals surface area contributed by atoms with E-state index in [0.717, 1.165) is 37.8 Å². The molecule has 0 atom stereocenters. The van der Waals surface area contributed by atoms with Crippen molar-refractivity contribution in [1.82, 2.24) is 9.88 Å². The normalized spacial score (nSPS) is 23.1. The third kappa shape index (κ3) is 3.11. The van der Waals surface area contributed by atoms with Gasteiger partial charge >= 0.3 is 0 Å². The van der Waals surface area contributed by atoms with Crippen LogP contribution < -0.4 is 0 Å². The zero-order valence-corrected chi connectivity index (χ0v) is 11.6. The molecule has 0 unspecified atom stereocenters. The first-order chi connectivity index (χ1) is 9.13. The summed E-state index contributed by atoms with van der Waals surface area (Å²) in [6.45, 7) is 2.21. The van der Waals surface area contributed by atoms with Crippen LogP contribution in [0.2, 0.25) is 0 Å². The van der Waals surface area contributed by atoms with Gasteiger partial charge < -0.3 is 4.90 Å². The van der Waals surface area contributed by atoms with Gasteiger partial charge in [-0.25, -0.2) is 4.39 Å². The molecule has 1 fully saturated rings. The molecular formula is C15H21FN2O. The fourth-order valence-corrected chi connectivity index (χ4v) is 2.84. The summed E-state index contributed by atoms with van der Waals surface area (Å²) in [6.07, 6.45) is 8.13. The number of hydrogen-bond donors (Lipinski definition) is 0. The predicted molar refractivity (Wildman–Crippen MR) is 72.3 cm³/mol. The first-order valence-corrected chi connectivity index (χ1v) is 7.00. The van der Waals surface area contributed by atoms with E-state index < -0.39 is 5.82 Å². The molecule has 1 heterocycles. The minimum atomic E-state index is -0.540. The second kappa shape index (κ2) is 6.13. The van der Waals surface area contributed by atoms with Crippen LogP contribution in [0.15, 0.2) is 18.5 Å². The molecule has 4 heteroatoms. The molecule has 1 aromatic rings. The van der Waals surface area contributed by atoms with E-state index in [-0.39, 0.29) is 17.5 Å². The molecule has 104 valence electrons. The average Bonchev–Trinajstić information content (AvgIpc) is 2.46. The highest BCUT2D eigenvalue weighted by molar-refractivity contribution is 5.94. The summed E-state index contributed by atoms with van der Waals surface area (Å²) in [7, 11) is 1.78. The third-order valence-electron chi connectivity index (χ3n) is 4.26. The topological polar surface area (TPSA) is 33.2 Å². The van der Waals surface area contributed by atoms with Crippen LogP contribution in [0, 0.1) is 11.7 Å². The largest absolute Gasteiger partial charge is 0.339 e. The van der Waals surface area contributed by atoms with Crippen molar-refractivity contribution in [1.29, 1.82) is 0 Å². The second-order valence-corrected chi connectivity index (χ2v) is 5.35. The highest BCUT2D eigenvalue weighted by Crippen LogP contribution is 2.29. The highest BCUT2D eigenvalue weighted by atomic mass is 19.1. The summed E-state index contributed by atoms with van der Waals surface area (Å²) >= 11 is 0. The number of amides is 1. The molecule has 0 spiro atoms. The molecule has 0 aliphatic heterocycles. The lowest BCUT2D eigenvalue weighted by Crippen LogP contribution is -2.39. The van der Waals surface area contributed by atoms with Crippen molar-refractivity contribution < 1.29 is 9.18 Å². The van der Waals surface area contributed by atoms with E-state index >= 15 is 0 Å². The van der Waals surface area contributed by atoms with Crippen LogP contribution in [-0.2, 0) is 0 Å². The number of nitrogens with zero attached hydrogens (tertiary/aromatic N) is 2. The first kappa shape index (κ1) is 14.0. The number of pyridine rings is 1. The van der Waals surface area contributed by atoms with Crippen LogP contribution in [0.3, 0.4) is 0 Å². The standard InChI is InChI=1S/C15H21FN2O/c1-3-11-4-6-12(7-5-11)18(2)15(19)13-8-9-17-10-14(13)16/h8-12H,3-7H2,1-2H3. The minimum Gasteiger partial charge on any atom is -0.339 e. The van der Waals surface area contributed by atoms with Crippen molar-refractivity contribution in [3.63, 3.8) is 0 Å². The van der Waals surface area contributed by atoms with E-state index in [2.05, 4.69) is 11.9 Å². The van der Waals surface area contributed by atoms with E-state index in [9.17, 15) is 9.18 Å². The smallest absolute Gasteiger partial charge is 0.256 e. The molecule has 1 amide bonds. The number of rotatable bonds is 3. The minimum absolute atomic E-state index is 0.120. The van der Waals surface area contributed by atoms with Crippen LogP contribution >= 0.6 is 0 Å². The maximum Gasteiger partial charge on any atom is 0.256 e. The van der Waals surface area contributed by atoms with Gasteiger partial charge in [0.1, 0.15) is 0 Å². The molecule has 0 saturated heterocycles. The third-order valence-corrected chi connectivity index (χ3v) is 4.26. The van der Waals surface area contributed by atoms with Crippen molar-refractivity contribution in [3.8, 4) is 0 Å². The summed E-state index contributed by atoms with van der Waals surface area (Å²) < 4.78 is 13.6. The van der Waals surface area contributed by atoms with Gasteiger partial charge in [-0.2, -0.15) is 0 Å². The Balaban J connectivity index is 2.02. The number of aromatic nitrogens is 1. The Kier molecular flexibility index (Phi) is 4.51. The Morgan fingerprint density at radius 2 is 2.11 bits per heavy atom. The van der Waals surface area contributed by atoms with E-state index in [0.29, 0.717) is 0 Å². The Morgan fingerprint density at radius 1 is 1.42 bits per heavy atom. The van der Waals surface area contributed by atoms with Gasteiger partial charge in [0.2, 0.25) is 0 Å². The maximum atomic E-state index is 13.6. The van der Waals surface area contributed by atoms with E-state index in [1.54, 1.807) is 11.9 Å². The molecule has 0 N–H and O–H groups in total. The van der Waals surface area contributed by atoms with Gasteiger partial charge in [0.05, 0.1) is 11.8 Å². The van der Waals surface area contributed by atoms with Crippen LogP contribution in [-0.4, -0.2) is 28.9 Å². The van der Waals surface area contributed by atoms with Crippen LogP contribution in [0.1, 0.15) is 49.4 Å². The molecule has 19 heavy (non-hydrogen) atoms. The van der Waals surface area contributed by atoms with Gasteiger partial charge in [-0.05, 0) is 37.7 Å². The summed E-state index contributed by atoms with van der Waals surface area (Å²) in [5, 5.41) is 0. The Morgan fingerprint density at radius 3 is 2.68 bits per heavy atom. The zero-order chi connectivity index (χ0) is 13.8. The van der Waals surface area contributed by atoms with Crippen LogP contribution in [0.4, 0.5) is 4.39 Å². The van der Waals surface area contributed by atoms with Crippen molar-refractivity contribution in [2.75, 3.05) is 7.05 Å². The highest BCUT2D eigenvalue weighted by Gasteiger charge is 2.27. The number of halogens is 1. The van der Waals surface area contributed by atoms with E-state index in [1.165, 1.54) is 18.7 Å². The molecule has 2 rings (SSSR count). The second-order valence-electron chi connectivity index (χ2n) is 5.35. The quantitative estimate of drug-likeness (QED) is 0.839. The average molecular weight is 264 g/mol. The van der Waals surface area contributed by atoms with Crippen molar-refractivity contribution in [2.24, 2.45) is 5.92 Å². The van der Waals surface area contributed by atoms with Crippen LogP contribution in [0.25, 0.3) is 0 Å². The lowest BCUT2D eigenvalue weighted by atomic mass is 9.84. The van der Waals surface area contributed by atoms with Gasteiger partial charge in [0.15, 0.2) is 5.82 Å². The summed E-state index contributed by atoms with van der Waals surface area (Å²) in [5.41, 5.74) is 0.120. The molecular weight excluding hydrogens is 243 g/mol. The van der Waals surface area contributed by atoms with E-state index in [4.69, 9.17) is 0 Å². The number of hydrogen-bond acceptors (Lipinski definition) is 2. The lowest BCUT2D eigenvalue weighted by molar-refractivity contribution is 0.0670. The number of carbonyl (C=O) groups is 1. The summed E-state index contributed by atoms with van der Waals surface area (Å²) in [5.74, 6) is 0.0128. The fourth-order valence-electron chi connectivity index (χ4n) is 2.84. The van der Waals surface area contributed by atoms with Gasteiger partial charge in [-0.1, -0.05) is 13.3 Å². The molecule has 1 aliphatic rings. The monoisotopic (exact) mass is 264 g/mol. The Hall–Kier alpha value is -1.45. The molecule has 3 nitrogen and oxygen atoms in total. The first-order valence-electron chi connectivity index (χ1n) is 7.00. The Bertz CT molecular complexity index is 442. The maximum absolute atomic E-state index is 13.6. The molecule has 0 bridgehead atoms. The summed E-state index contributed by atoms with van der Waals surface area (Å²) in [6, 6.07) is 1.69. The van der Waals surface area contributed by atoms with E-state index in [1.807, 2.05) is 0 Å². The zero-order valence-electron chi connectivity index (χ0n) is 11.6. The van der Waals surface area contributed by atoms with Crippen molar-refractivity contribution in [3.05, 3.63) is 29.8 Å². The molecule has 0 aromatic carbocycles. The van der Waals surface area contributed by atoms with Gasteiger partial charge in [-0.15, -0.1) is 0 Å². The molecule has 1 aliphatic carbocycles. The summed E-state index contributed by atoms with van der Waals surface area (Å²) in [4.78, 5) is 17.6. The fraction of sp³-hybridized carbons (Fsp3) is 0.600. The van der Waals surface area contributed by atoms with Gasteiger partial charge in [0.25, 0.3) is 5.91 Å². The molecule has 1 aromatic heterocycles. The molecule has 1 saturated carbocycles. The molecule has 0 radical (unpaired) electrons. The Labute approximate surface area is 113 Å². The lowest BCUT2D eigenvalue weighted by Gasteiger charge is -2.34. The van der Waals surface area contributed by atoms with Crippen molar-refractivity contribution in [2.45, 2.75) is 45.1 Å². The SMILES string of the molecule is CCC1CCC(N(C)C(=O)c2ccncc2F)CC1.